The summed E-state index contributed by atoms with van der Waals surface area (Å²) >= 11 is 1.28. The number of hydrogen-bond acceptors (Lipinski definition) is 4. The van der Waals surface area contributed by atoms with E-state index in [-0.39, 0.29) is 27.8 Å². The first-order valence-corrected chi connectivity index (χ1v) is 10.3. The lowest BCUT2D eigenvalue weighted by Gasteiger charge is -2.36. The Balaban J connectivity index is 1.68. The van der Waals surface area contributed by atoms with E-state index in [9.17, 15) is 13.2 Å². The number of hydrogen-bond donors (Lipinski definition) is 1. The predicted octanol–water partition coefficient (Wildman–Crippen LogP) is 2.33. The van der Waals surface area contributed by atoms with Crippen LogP contribution in [0.3, 0.4) is 0 Å². The van der Waals surface area contributed by atoms with Gasteiger partial charge in [-0.2, -0.15) is 0 Å². The largest absolute Gasteiger partial charge is 0.343 e. The van der Waals surface area contributed by atoms with Crippen molar-refractivity contribution in [1.29, 1.82) is 0 Å². The fourth-order valence-electron chi connectivity index (χ4n) is 3.87. The van der Waals surface area contributed by atoms with E-state index < -0.39 is 10.0 Å². The highest BCUT2D eigenvalue weighted by atomic mass is 32.2. The Morgan fingerprint density at radius 1 is 1.14 bits per heavy atom. The molecule has 0 aromatic rings. The Labute approximate surface area is 131 Å². The zero-order chi connectivity index (χ0) is 15.0. The summed E-state index contributed by atoms with van der Waals surface area (Å²) < 4.78 is 27.4. The molecule has 120 valence electrons. The van der Waals surface area contributed by atoms with Gasteiger partial charge >= 0.3 is 0 Å². The minimum atomic E-state index is -3.24. The van der Waals surface area contributed by atoms with Gasteiger partial charge in [0.2, 0.25) is 10.0 Å². The zero-order valence-corrected chi connectivity index (χ0v) is 14.1. The molecule has 7 heteroatoms. The second kappa shape index (κ2) is 6.08. The highest BCUT2D eigenvalue weighted by molar-refractivity contribution is 8.14. The van der Waals surface area contributed by atoms with Crippen LogP contribution >= 0.6 is 11.8 Å². The number of nitrogens with zero attached hydrogens (tertiary/aromatic N) is 1. The van der Waals surface area contributed by atoms with Gasteiger partial charge in [-0.3, -0.25) is 4.79 Å². The van der Waals surface area contributed by atoms with E-state index in [1.54, 1.807) is 11.4 Å². The summed E-state index contributed by atoms with van der Waals surface area (Å²) in [7, 11) is -1.48. The van der Waals surface area contributed by atoms with E-state index in [1.165, 1.54) is 18.2 Å². The Morgan fingerprint density at radius 2 is 1.86 bits per heavy atom. The van der Waals surface area contributed by atoms with Gasteiger partial charge < -0.3 is 5.32 Å². The Kier molecular flexibility index (Phi) is 4.52. The smallest absolute Gasteiger partial charge is 0.279 e. The van der Waals surface area contributed by atoms with Crippen LogP contribution in [0.2, 0.25) is 0 Å². The third-order valence-electron chi connectivity index (χ3n) is 5.22. The van der Waals surface area contributed by atoms with Gasteiger partial charge in [0, 0.05) is 24.4 Å². The molecule has 1 amide bonds. The van der Waals surface area contributed by atoms with Gasteiger partial charge in [-0.15, -0.1) is 0 Å². The lowest BCUT2D eigenvalue weighted by molar-refractivity contribution is 0.257. The summed E-state index contributed by atoms with van der Waals surface area (Å²) in [4.78, 5) is 11.4. The van der Waals surface area contributed by atoms with Crippen molar-refractivity contribution in [2.24, 2.45) is 0 Å². The highest BCUT2D eigenvalue weighted by Gasteiger charge is 2.44. The molecule has 1 N–H and O–H groups in total. The zero-order valence-electron chi connectivity index (χ0n) is 12.5. The van der Waals surface area contributed by atoms with Crippen molar-refractivity contribution in [3.8, 4) is 0 Å². The van der Waals surface area contributed by atoms with Crippen molar-refractivity contribution in [2.75, 3.05) is 7.05 Å². The maximum absolute atomic E-state index is 12.9. The van der Waals surface area contributed by atoms with Crippen LogP contribution in [0, 0.1) is 0 Å². The van der Waals surface area contributed by atoms with E-state index >= 15 is 0 Å². The van der Waals surface area contributed by atoms with Gasteiger partial charge in [0.1, 0.15) is 0 Å². The average molecular weight is 332 g/mol. The molecule has 0 aromatic carbocycles. The van der Waals surface area contributed by atoms with Crippen LogP contribution in [0.1, 0.15) is 51.4 Å². The van der Waals surface area contributed by atoms with Gasteiger partial charge in [0.25, 0.3) is 5.24 Å². The Hall–Kier alpha value is -0.270. The topological polar surface area (TPSA) is 66.5 Å². The standard InChI is InChI=1S/C14H24N2O3S2/c1-16(10-5-3-2-4-6-10)21(18,19)11-7-8-12-13(9-11)20-14(17)15-12/h10-13H,2-9H2,1H3,(H,15,17). The second-order valence-corrected chi connectivity index (χ2v) is 9.97. The van der Waals surface area contributed by atoms with Gasteiger partial charge in [-0.25, -0.2) is 12.7 Å². The summed E-state index contributed by atoms with van der Waals surface area (Å²) in [5.41, 5.74) is 0. The third kappa shape index (κ3) is 3.10. The van der Waals surface area contributed by atoms with E-state index in [2.05, 4.69) is 5.32 Å². The lowest BCUT2D eigenvalue weighted by atomic mass is 9.95. The molecule has 5 nitrogen and oxygen atoms in total. The lowest BCUT2D eigenvalue weighted by Crippen LogP contribution is -2.47. The molecule has 3 fully saturated rings. The molecule has 1 saturated heterocycles. The number of amides is 1. The Bertz CT molecular complexity index is 502. The number of sulfonamides is 1. The molecule has 0 bridgehead atoms. The minimum Gasteiger partial charge on any atom is -0.343 e. The number of carbonyl (C=O) groups excluding carboxylic acids is 1. The number of thioether (sulfide) groups is 1. The molecule has 1 aliphatic heterocycles. The van der Waals surface area contributed by atoms with E-state index in [1.807, 2.05) is 0 Å². The first kappa shape index (κ1) is 15.6. The molecule has 0 radical (unpaired) electrons. The van der Waals surface area contributed by atoms with Crippen molar-refractivity contribution in [1.82, 2.24) is 9.62 Å². The van der Waals surface area contributed by atoms with Crippen molar-refractivity contribution in [3.05, 3.63) is 0 Å². The average Bonchev–Trinajstić information content (AvgIpc) is 2.86. The van der Waals surface area contributed by atoms with Gasteiger partial charge in [0.05, 0.1) is 5.25 Å². The third-order valence-corrected chi connectivity index (χ3v) is 8.74. The maximum atomic E-state index is 12.9. The highest BCUT2D eigenvalue weighted by Crippen LogP contribution is 2.38. The second-order valence-electron chi connectivity index (χ2n) is 6.48. The molecule has 0 aromatic heterocycles. The van der Waals surface area contributed by atoms with E-state index in [0.717, 1.165) is 32.1 Å². The SMILES string of the molecule is CN(C1CCCCC1)S(=O)(=O)C1CCC2NC(=O)SC2C1. The first-order chi connectivity index (χ1) is 9.98. The molecule has 2 saturated carbocycles. The molecule has 3 atom stereocenters. The number of carbonyl (C=O) groups is 1. The summed E-state index contributed by atoms with van der Waals surface area (Å²) in [6.07, 6.45) is 7.53. The molecule has 2 aliphatic carbocycles. The minimum absolute atomic E-state index is 0.00341. The fourth-order valence-corrected chi connectivity index (χ4v) is 7.16. The van der Waals surface area contributed by atoms with E-state index in [4.69, 9.17) is 0 Å². The van der Waals surface area contributed by atoms with Crippen LogP contribution in [-0.4, -0.2) is 47.6 Å². The number of nitrogens with one attached hydrogen (secondary N) is 1. The van der Waals surface area contributed by atoms with Crippen molar-refractivity contribution >= 4 is 27.0 Å². The summed E-state index contributed by atoms with van der Waals surface area (Å²) in [6.45, 7) is 0. The van der Waals surface area contributed by atoms with Crippen LogP contribution in [0.25, 0.3) is 0 Å². The molecule has 21 heavy (non-hydrogen) atoms. The van der Waals surface area contributed by atoms with Gasteiger partial charge in [-0.05, 0) is 32.1 Å². The molecule has 3 aliphatic rings. The van der Waals surface area contributed by atoms with Gasteiger partial charge in [-0.1, -0.05) is 31.0 Å². The number of fused-ring (bicyclic) bond motifs is 1. The van der Waals surface area contributed by atoms with Crippen LogP contribution < -0.4 is 5.32 Å². The van der Waals surface area contributed by atoms with Crippen molar-refractivity contribution in [2.45, 2.75) is 74.0 Å². The summed E-state index contributed by atoms with van der Waals surface area (Å²) in [6, 6.07) is 0.353. The monoisotopic (exact) mass is 332 g/mol. The quantitative estimate of drug-likeness (QED) is 0.861. The molecule has 3 rings (SSSR count). The maximum Gasteiger partial charge on any atom is 0.279 e. The molecular formula is C14H24N2O3S2. The van der Waals surface area contributed by atoms with Crippen LogP contribution in [0.4, 0.5) is 4.79 Å². The first-order valence-electron chi connectivity index (χ1n) is 7.92. The van der Waals surface area contributed by atoms with Crippen LogP contribution in [-0.2, 0) is 10.0 Å². The predicted molar refractivity (Wildman–Crippen MR) is 84.9 cm³/mol. The fraction of sp³-hybridized carbons (Fsp3) is 0.929. The Morgan fingerprint density at radius 3 is 2.57 bits per heavy atom. The van der Waals surface area contributed by atoms with Crippen molar-refractivity contribution < 1.29 is 13.2 Å². The van der Waals surface area contributed by atoms with Gasteiger partial charge in [0.15, 0.2) is 0 Å². The van der Waals surface area contributed by atoms with Crippen LogP contribution in [0.5, 0.6) is 0 Å². The summed E-state index contributed by atoms with van der Waals surface area (Å²) in [5, 5.41) is 2.76. The molecule has 0 spiro atoms. The normalized spacial score (nSPS) is 34.8. The molecular weight excluding hydrogens is 308 g/mol. The number of rotatable bonds is 3. The summed E-state index contributed by atoms with van der Waals surface area (Å²) in [5.74, 6) is 0. The van der Waals surface area contributed by atoms with E-state index in [0.29, 0.717) is 12.8 Å². The van der Waals surface area contributed by atoms with Crippen LogP contribution in [0.15, 0.2) is 0 Å². The van der Waals surface area contributed by atoms with Crippen molar-refractivity contribution in [3.63, 3.8) is 0 Å². The molecule has 3 unspecified atom stereocenters. The molecule has 1 heterocycles.